The van der Waals surface area contributed by atoms with Crippen molar-refractivity contribution in [1.29, 1.82) is 0 Å². The van der Waals surface area contributed by atoms with E-state index in [0.29, 0.717) is 69.7 Å². The van der Waals surface area contributed by atoms with Gasteiger partial charge in [0.2, 0.25) is 5.91 Å². The van der Waals surface area contributed by atoms with E-state index in [1.807, 2.05) is 24.3 Å². The second-order valence-corrected chi connectivity index (χ2v) is 10.8. The molecule has 0 aromatic heterocycles. The van der Waals surface area contributed by atoms with E-state index < -0.39 is 11.0 Å². The molecule has 0 radical (unpaired) electrons. The number of halogens is 1. The molecule has 3 aliphatic heterocycles. The molecule has 0 bridgehead atoms. The first-order valence-electron chi connectivity index (χ1n) is 12.9. The van der Waals surface area contributed by atoms with Crippen molar-refractivity contribution < 1.29 is 23.5 Å². The summed E-state index contributed by atoms with van der Waals surface area (Å²) in [5.74, 6) is -0.812. The number of esters is 1. The number of ether oxygens (including phenoxy) is 1. The lowest BCUT2D eigenvalue weighted by Crippen LogP contribution is -2.51. The average molecular weight is 507 g/mol. The van der Waals surface area contributed by atoms with Crippen LogP contribution >= 0.6 is 0 Å². The molecule has 1 spiro atoms. The highest BCUT2D eigenvalue weighted by molar-refractivity contribution is 5.96. The van der Waals surface area contributed by atoms with Crippen LogP contribution in [0, 0.1) is 5.82 Å². The van der Waals surface area contributed by atoms with Crippen LogP contribution in [-0.4, -0.2) is 86.0 Å². The number of rotatable bonds is 3. The predicted octanol–water partition coefficient (Wildman–Crippen LogP) is 2.96. The lowest BCUT2D eigenvalue weighted by molar-refractivity contribution is -0.134. The molecule has 6 rings (SSSR count). The fourth-order valence-corrected chi connectivity index (χ4v) is 6.16. The van der Waals surface area contributed by atoms with Crippen LogP contribution in [0.5, 0.6) is 0 Å². The van der Waals surface area contributed by atoms with Gasteiger partial charge in [-0.2, -0.15) is 0 Å². The highest BCUT2D eigenvalue weighted by Gasteiger charge is 2.58. The fraction of sp³-hybridized carbons (Fsp3) is 0.464. The maximum atomic E-state index is 15.5. The van der Waals surface area contributed by atoms with Crippen LogP contribution in [0.15, 0.2) is 42.5 Å². The summed E-state index contributed by atoms with van der Waals surface area (Å²) >= 11 is 0. The van der Waals surface area contributed by atoms with Crippen molar-refractivity contribution in [3.8, 4) is 0 Å². The summed E-state index contributed by atoms with van der Waals surface area (Å²) in [5, 5.41) is 0. The molecule has 3 fully saturated rings. The molecule has 3 amide bonds. The van der Waals surface area contributed by atoms with E-state index in [2.05, 4.69) is 4.90 Å². The lowest BCUT2D eigenvalue weighted by Gasteiger charge is -2.37. The number of hydrogen-bond donors (Lipinski definition) is 0. The highest BCUT2D eigenvalue weighted by Crippen LogP contribution is 2.53. The zero-order valence-corrected chi connectivity index (χ0v) is 21.2. The Bertz CT molecular complexity index is 1280. The summed E-state index contributed by atoms with van der Waals surface area (Å²) in [6, 6.07) is 12.5. The third-order valence-electron chi connectivity index (χ3n) is 8.37. The maximum Gasteiger partial charge on any atom is 0.339 e. The van der Waals surface area contributed by atoms with Gasteiger partial charge in [0.05, 0.1) is 17.5 Å². The number of urea groups is 1. The average Bonchev–Trinajstić information content (AvgIpc) is 3.52. The van der Waals surface area contributed by atoms with Gasteiger partial charge in [0.25, 0.3) is 0 Å². The Morgan fingerprint density at radius 2 is 1.65 bits per heavy atom. The Labute approximate surface area is 215 Å². The number of piperazine rings is 1. The quantitative estimate of drug-likeness (QED) is 0.599. The Morgan fingerprint density at radius 1 is 0.919 bits per heavy atom. The second-order valence-electron chi connectivity index (χ2n) is 10.8. The Hall–Kier alpha value is -3.62. The normalized spacial score (nSPS) is 23.8. The van der Waals surface area contributed by atoms with E-state index in [9.17, 15) is 14.4 Å². The molecule has 1 aliphatic carbocycles. The minimum Gasteiger partial charge on any atom is -0.449 e. The Balaban J connectivity index is 1.17. The molecule has 2 aromatic rings. The summed E-state index contributed by atoms with van der Waals surface area (Å²) in [6.45, 7) is 3.17. The topological polar surface area (TPSA) is 73.4 Å². The molecule has 8 nitrogen and oxygen atoms in total. The van der Waals surface area contributed by atoms with Gasteiger partial charge in [-0.1, -0.05) is 24.3 Å². The molecule has 37 heavy (non-hydrogen) atoms. The number of anilines is 1. The maximum absolute atomic E-state index is 15.5. The monoisotopic (exact) mass is 506 g/mol. The first kappa shape index (κ1) is 23.8. The van der Waals surface area contributed by atoms with Crippen molar-refractivity contribution in [1.82, 2.24) is 14.7 Å². The molecule has 2 aromatic carbocycles. The number of nitrogens with zero attached hydrogens (tertiary/aromatic N) is 4. The van der Waals surface area contributed by atoms with Crippen molar-refractivity contribution in [3.63, 3.8) is 0 Å². The van der Waals surface area contributed by atoms with Crippen molar-refractivity contribution in [2.75, 3.05) is 58.3 Å². The van der Waals surface area contributed by atoms with Crippen molar-refractivity contribution >= 4 is 23.6 Å². The molecular formula is C28H31FN4O4. The van der Waals surface area contributed by atoms with Gasteiger partial charge in [-0.05, 0) is 31.0 Å². The number of benzene rings is 2. The lowest BCUT2D eigenvalue weighted by atomic mass is 9.91. The van der Waals surface area contributed by atoms with Gasteiger partial charge in [0.1, 0.15) is 5.82 Å². The number of fused-ring (bicyclic) bond motifs is 2. The van der Waals surface area contributed by atoms with E-state index in [4.69, 9.17) is 4.74 Å². The number of likely N-dealkylation sites (tertiary alicyclic amines) is 1. The molecular weight excluding hydrogens is 475 g/mol. The summed E-state index contributed by atoms with van der Waals surface area (Å²) in [6.07, 6.45) is 1.75. The van der Waals surface area contributed by atoms with Crippen LogP contribution in [0.1, 0.15) is 40.7 Å². The summed E-state index contributed by atoms with van der Waals surface area (Å²) < 4.78 is 21.3. The summed E-state index contributed by atoms with van der Waals surface area (Å²) in [5.41, 5.74) is 0.934. The van der Waals surface area contributed by atoms with Crippen molar-refractivity contribution in [3.05, 3.63) is 65.0 Å². The largest absolute Gasteiger partial charge is 0.449 e. The Kier molecular flexibility index (Phi) is 5.43. The van der Waals surface area contributed by atoms with Gasteiger partial charge >= 0.3 is 12.0 Å². The summed E-state index contributed by atoms with van der Waals surface area (Å²) in [4.78, 5) is 45.5. The van der Waals surface area contributed by atoms with Gasteiger partial charge in [-0.25, -0.2) is 14.0 Å². The van der Waals surface area contributed by atoms with Crippen molar-refractivity contribution in [2.24, 2.45) is 0 Å². The second kappa shape index (κ2) is 8.46. The zero-order valence-electron chi connectivity index (χ0n) is 21.2. The molecule has 0 unspecified atom stereocenters. The van der Waals surface area contributed by atoms with Gasteiger partial charge < -0.3 is 24.3 Å². The fourth-order valence-electron chi connectivity index (χ4n) is 6.16. The van der Waals surface area contributed by atoms with E-state index in [1.54, 1.807) is 40.9 Å². The molecule has 2 saturated heterocycles. The van der Waals surface area contributed by atoms with Crippen molar-refractivity contribution in [2.45, 2.75) is 30.3 Å². The minimum absolute atomic E-state index is 0.0186. The van der Waals surface area contributed by atoms with E-state index in [0.717, 1.165) is 11.3 Å². The molecule has 9 heteroatoms. The number of hydrogen-bond acceptors (Lipinski definition) is 5. The van der Waals surface area contributed by atoms with Crippen LogP contribution in [0.2, 0.25) is 0 Å². The van der Waals surface area contributed by atoms with Crippen LogP contribution < -0.4 is 4.90 Å². The molecule has 3 heterocycles. The predicted molar refractivity (Wildman–Crippen MR) is 135 cm³/mol. The third-order valence-corrected chi connectivity index (χ3v) is 8.37. The first-order valence-corrected chi connectivity index (χ1v) is 12.9. The molecule has 1 atom stereocenters. The highest BCUT2D eigenvalue weighted by atomic mass is 19.1. The molecule has 194 valence electrons. The van der Waals surface area contributed by atoms with Crippen LogP contribution in [-0.2, 0) is 20.5 Å². The molecule has 0 N–H and O–H groups in total. The van der Waals surface area contributed by atoms with E-state index >= 15 is 4.39 Å². The van der Waals surface area contributed by atoms with Crippen LogP contribution in [0.3, 0.4) is 0 Å². The molecule has 4 aliphatic rings. The standard InChI is InChI=1S/C28H31FN4O4/c1-30(2)26(36)32-15-13-31(14-16-32)19-7-8-22(23(29)17-19)27(9-10-27)25(35)33-12-11-28(18-33)21-6-4-3-5-20(21)24(34)37-28/h3-8,17H,9-16,18H2,1-2H3/t28-/m0/s1. The third kappa shape index (κ3) is 3.74. The number of carbonyl (C=O) groups is 3. The van der Waals surface area contributed by atoms with Crippen LogP contribution in [0.25, 0.3) is 0 Å². The van der Waals surface area contributed by atoms with Gasteiger partial charge in [0.15, 0.2) is 5.60 Å². The number of amides is 3. The van der Waals surface area contributed by atoms with E-state index in [1.165, 1.54) is 6.07 Å². The Morgan fingerprint density at radius 3 is 2.32 bits per heavy atom. The number of carbonyl (C=O) groups excluding carboxylic acids is 3. The first-order chi connectivity index (χ1) is 17.7. The van der Waals surface area contributed by atoms with Crippen LogP contribution in [0.4, 0.5) is 14.9 Å². The van der Waals surface area contributed by atoms with E-state index in [-0.39, 0.29) is 23.7 Å². The summed E-state index contributed by atoms with van der Waals surface area (Å²) in [7, 11) is 3.47. The van der Waals surface area contributed by atoms with Gasteiger partial charge in [-0.15, -0.1) is 0 Å². The van der Waals surface area contributed by atoms with Gasteiger partial charge in [-0.3, -0.25) is 4.79 Å². The molecule has 1 saturated carbocycles. The van der Waals surface area contributed by atoms with Gasteiger partial charge in [0, 0.05) is 70.1 Å². The smallest absolute Gasteiger partial charge is 0.339 e. The minimum atomic E-state index is -0.854. The SMILES string of the molecule is CN(C)C(=O)N1CCN(c2ccc(C3(C(=O)N4CC[C@@]5(C4)OC(=O)c4ccccc45)CC3)c(F)c2)CC1. The zero-order chi connectivity index (χ0) is 25.9.